The number of carbonyl (C=O) groups is 2. The monoisotopic (exact) mass is 335 g/mol. The number of methoxy groups -OCH3 is 1. The SMILES string of the molecule is COc1ccc(C(CC(=O)O)CC(=O)Nc2nnc(C)s2)cc1. The second-order valence-corrected chi connectivity index (χ2v) is 6.13. The van der Waals surface area contributed by atoms with E-state index in [1.807, 2.05) is 0 Å². The number of ether oxygens (including phenoxy) is 1. The second-order valence-electron chi connectivity index (χ2n) is 4.95. The molecule has 0 saturated heterocycles. The molecule has 122 valence electrons. The van der Waals surface area contributed by atoms with Gasteiger partial charge in [0.1, 0.15) is 10.8 Å². The van der Waals surface area contributed by atoms with Crippen LogP contribution in [0.3, 0.4) is 0 Å². The molecule has 2 N–H and O–H groups in total. The van der Waals surface area contributed by atoms with Crippen LogP contribution < -0.4 is 10.1 Å². The van der Waals surface area contributed by atoms with Crippen molar-refractivity contribution in [1.82, 2.24) is 10.2 Å². The molecule has 0 bridgehead atoms. The van der Waals surface area contributed by atoms with E-state index in [0.29, 0.717) is 10.9 Å². The summed E-state index contributed by atoms with van der Waals surface area (Å²) in [6.07, 6.45) is -0.0772. The van der Waals surface area contributed by atoms with Crippen LogP contribution in [-0.2, 0) is 9.59 Å². The molecule has 1 amide bonds. The summed E-state index contributed by atoms with van der Waals surface area (Å²) < 4.78 is 5.08. The van der Waals surface area contributed by atoms with Gasteiger partial charge >= 0.3 is 5.97 Å². The van der Waals surface area contributed by atoms with Crippen molar-refractivity contribution in [2.24, 2.45) is 0 Å². The lowest BCUT2D eigenvalue weighted by Gasteiger charge is -2.15. The van der Waals surface area contributed by atoms with Crippen LogP contribution in [0.1, 0.15) is 29.3 Å². The van der Waals surface area contributed by atoms with Crippen molar-refractivity contribution in [3.63, 3.8) is 0 Å². The standard InChI is InChI=1S/C15H17N3O4S/c1-9-17-18-15(23-9)16-13(19)7-11(8-14(20)21)10-3-5-12(22-2)6-4-10/h3-6,11H,7-8H2,1-2H3,(H,20,21)(H,16,18,19). The zero-order valence-corrected chi connectivity index (χ0v) is 13.6. The first-order chi connectivity index (χ1) is 11.0. The summed E-state index contributed by atoms with van der Waals surface area (Å²) >= 11 is 1.27. The number of hydrogen-bond acceptors (Lipinski definition) is 6. The molecule has 0 fully saturated rings. The molecular formula is C15H17N3O4S. The molecular weight excluding hydrogens is 318 g/mol. The molecule has 0 aliphatic carbocycles. The number of aliphatic carboxylic acids is 1. The van der Waals surface area contributed by atoms with E-state index in [1.165, 1.54) is 11.3 Å². The Kier molecular flexibility index (Phi) is 5.64. The van der Waals surface area contributed by atoms with Crippen LogP contribution in [0.15, 0.2) is 24.3 Å². The van der Waals surface area contributed by atoms with Crippen molar-refractivity contribution in [2.75, 3.05) is 12.4 Å². The first-order valence-electron chi connectivity index (χ1n) is 6.93. The summed E-state index contributed by atoms with van der Waals surface area (Å²) in [5.74, 6) is -0.988. The number of benzene rings is 1. The van der Waals surface area contributed by atoms with Crippen LogP contribution in [0.2, 0.25) is 0 Å². The van der Waals surface area contributed by atoms with E-state index in [2.05, 4.69) is 15.5 Å². The fraction of sp³-hybridized carbons (Fsp3) is 0.333. The number of nitrogens with one attached hydrogen (secondary N) is 1. The molecule has 1 heterocycles. The van der Waals surface area contributed by atoms with Gasteiger partial charge in [-0.3, -0.25) is 9.59 Å². The topological polar surface area (TPSA) is 101 Å². The third-order valence-electron chi connectivity index (χ3n) is 3.21. The van der Waals surface area contributed by atoms with Gasteiger partial charge in [-0.15, -0.1) is 10.2 Å². The second kappa shape index (κ2) is 7.68. The fourth-order valence-electron chi connectivity index (χ4n) is 2.14. The van der Waals surface area contributed by atoms with Gasteiger partial charge < -0.3 is 15.2 Å². The molecule has 1 unspecified atom stereocenters. The molecule has 0 spiro atoms. The number of carboxylic acid groups (broad SMARTS) is 1. The molecule has 0 aliphatic heterocycles. The van der Waals surface area contributed by atoms with Gasteiger partial charge in [0.15, 0.2) is 0 Å². The van der Waals surface area contributed by atoms with E-state index in [-0.39, 0.29) is 18.7 Å². The smallest absolute Gasteiger partial charge is 0.303 e. The van der Waals surface area contributed by atoms with Crippen molar-refractivity contribution in [2.45, 2.75) is 25.7 Å². The van der Waals surface area contributed by atoms with Crippen molar-refractivity contribution < 1.29 is 19.4 Å². The number of carbonyl (C=O) groups excluding carboxylic acids is 1. The minimum absolute atomic E-state index is 0.0528. The molecule has 1 atom stereocenters. The van der Waals surface area contributed by atoms with Crippen molar-refractivity contribution in [1.29, 1.82) is 0 Å². The highest BCUT2D eigenvalue weighted by Crippen LogP contribution is 2.26. The van der Waals surface area contributed by atoms with E-state index in [4.69, 9.17) is 9.84 Å². The van der Waals surface area contributed by atoms with Crippen LogP contribution >= 0.6 is 11.3 Å². The van der Waals surface area contributed by atoms with Gasteiger partial charge in [0.25, 0.3) is 0 Å². The van der Waals surface area contributed by atoms with E-state index in [1.54, 1.807) is 38.3 Å². The molecule has 0 radical (unpaired) electrons. The Bertz CT molecular complexity index is 684. The zero-order valence-electron chi connectivity index (χ0n) is 12.8. The number of nitrogens with zero attached hydrogens (tertiary/aromatic N) is 2. The summed E-state index contributed by atoms with van der Waals surface area (Å²) in [4.78, 5) is 23.2. The van der Waals surface area contributed by atoms with Gasteiger partial charge in [0.2, 0.25) is 11.0 Å². The first-order valence-corrected chi connectivity index (χ1v) is 7.75. The van der Waals surface area contributed by atoms with Gasteiger partial charge in [-0.2, -0.15) is 0 Å². The summed E-state index contributed by atoms with van der Waals surface area (Å²) in [5.41, 5.74) is 0.775. The average Bonchev–Trinajstić information content (AvgIpc) is 2.91. The Hall–Kier alpha value is -2.48. The first kappa shape index (κ1) is 16.9. The lowest BCUT2D eigenvalue weighted by atomic mass is 9.92. The summed E-state index contributed by atoms with van der Waals surface area (Å²) in [5, 5.41) is 20.5. The fourth-order valence-corrected chi connectivity index (χ4v) is 2.74. The quantitative estimate of drug-likeness (QED) is 0.806. The average molecular weight is 335 g/mol. The molecule has 2 aromatic rings. The van der Waals surface area contributed by atoms with Crippen LogP contribution in [0.5, 0.6) is 5.75 Å². The maximum absolute atomic E-state index is 12.1. The number of anilines is 1. The van der Waals surface area contributed by atoms with Crippen LogP contribution in [-0.4, -0.2) is 34.3 Å². The third kappa shape index (κ3) is 5.03. The van der Waals surface area contributed by atoms with Crippen molar-refractivity contribution >= 4 is 28.3 Å². The Balaban J connectivity index is 2.07. The number of aryl methyl sites for hydroxylation is 1. The number of aromatic nitrogens is 2. The molecule has 0 aliphatic rings. The predicted octanol–water partition coefficient (Wildman–Crippen LogP) is 2.44. The Labute approximate surface area is 137 Å². The van der Waals surface area contributed by atoms with Crippen LogP contribution in [0.4, 0.5) is 5.13 Å². The lowest BCUT2D eigenvalue weighted by Crippen LogP contribution is -2.17. The Morgan fingerprint density at radius 3 is 2.48 bits per heavy atom. The highest BCUT2D eigenvalue weighted by molar-refractivity contribution is 7.15. The highest BCUT2D eigenvalue weighted by Gasteiger charge is 2.20. The summed E-state index contributed by atoms with van der Waals surface area (Å²) in [6.45, 7) is 1.79. The van der Waals surface area contributed by atoms with Crippen molar-refractivity contribution in [3.05, 3.63) is 34.8 Å². The molecule has 0 saturated carbocycles. The maximum atomic E-state index is 12.1. The number of rotatable bonds is 7. The number of carboxylic acids is 1. The van der Waals surface area contributed by atoms with E-state index in [0.717, 1.165) is 10.6 Å². The minimum atomic E-state index is -0.953. The molecule has 23 heavy (non-hydrogen) atoms. The lowest BCUT2D eigenvalue weighted by molar-refractivity contribution is -0.137. The van der Waals surface area contributed by atoms with Crippen LogP contribution in [0.25, 0.3) is 0 Å². The normalized spacial score (nSPS) is 11.7. The van der Waals surface area contributed by atoms with Gasteiger partial charge in [0, 0.05) is 12.3 Å². The zero-order chi connectivity index (χ0) is 16.8. The van der Waals surface area contributed by atoms with Crippen LogP contribution in [0, 0.1) is 6.92 Å². The van der Waals surface area contributed by atoms with E-state index >= 15 is 0 Å². The molecule has 1 aromatic heterocycles. The van der Waals surface area contributed by atoms with Gasteiger partial charge in [-0.1, -0.05) is 23.5 Å². The molecule has 2 rings (SSSR count). The van der Waals surface area contributed by atoms with E-state index < -0.39 is 11.9 Å². The molecule has 8 heteroatoms. The van der Waals surface area contributed by atoms with Gasteiger partial charge in [-0.05, 0) is 24.6 Å². The minimum Gasteiger partial charge on any atom is -0.497 e. The summed E-state index contributed by atoms with van der Waals surface area (Å²) in [6, 6.07) is 7.04. The van der Waals surface area contributed by atoms with Crippen molar-refractivity contribution in [3.8, 4) is 5.75 Å². The Morgan fingerprint density at radius 2 is 1.96 bits per heavy atom. The van der Waals surface area contributed by atoms with Gasteiger partial charge in [-0.25, -0.2) is 0 Å². The number of amides is 1. The third-order valence-corrected chi connectivity index (χ3v) is 3.97. The molecule has 1 aromatic carbocycles. The van der Waals surface area contributed by atoms with E-state index in [9.17, 15) is 9.59 Å². The Morgan fingerprint density at radius 1 is 1.26 bits per heavy atom. The highest BCUT2D eigenvalue weighted by atomic mass is 32.1. The largest absolute Gasteiger partial charge is 0.497 e. The maximum Gasteiger partial charge on any atom is 0.303 e. The summed E-state index contributed by atoms with van der Waals surface area (Å²) in [7, 11) is 1.56. The molecule has 7 nitrogen and oxygen atoms in total. The number of hydrogen-bond donors (Lipinski definition) is 2. The van der Waals surface area contributed by atoms with Gasteiger partial charge in [0.05, 0.1) is 13.5 Å². The predicted molar refractivity (Wildman–Crippen MR) is 85.9 cm³/mol.